The number of hydrogen-bond donors (Lipinski definition) is 0. The summed E-state index contributed by atoms with van der Waals surface area (Å²) < 4.78 is 2.97. The molecular weight excluding hydrogens is 487 g/mol. The van der Waals surface area contributed by atoms with Crippen molar-refractivity contribution in [2.45, 2.75) is 155 Å². The molecule has 1 aromatic carbocycles. The maximum Gasteiger partial charge on any atom is 0.127 e. The Morgan fingerprint density at radius 1 is 0.769 bits per heavy atom. The summed E-state index contributed by atoms with van der Waals surface area (Å²) in [5.74, 6) is 2.08. The van der Waals surface area contributed by atoms with E-state index >= 15 is 0 Å². The fourth-order valence-electron chi connectivity index (χ4n) is 10.7. The van der Waals surface area contributed by atoms with Gasteiger partial charge >= 0.3 is 0 Å². The highest BCUT2D eigenvalue weighted by Gasteiger charge is 2.56. The average Bonchev–Trinajstić information content (AvgIpc) is 3.18. The molecule has 4 aliphatic carbocycles. The second-order valence-corrected chi connectivity index (χ2v) is 22.7. The number of benzene rings is 1. The Morgan fingerprint density at radius 2 is 1.28 bits per heavy atom. The van der Waals surface area contributed by atoms with Crippen LogP contribution in [0, 0.1) is 17.8 Å². The van der Waals surface area contributed by atoms with Gasteiger partial charge in [-0.3, -0.25) is 0 Å². The van der Waals surface area contributed by atoms with Gasteiger partial charge in [0.2, 0.25) is 0 Å². The summed E-state index contributed by atoms with van der Waals surface area (Å²) in [5.41, 5.74) is 11.2. The van der Waals surface area contributed by atoms with Crippen LogP contribution in [0.4, 0.5) is 0 Å². The van der Waals surface area contributed by atoms with E-state index in [4.69, 9.17) is 0 Å². The maximum absolute atomic E-state index is 2.97. The van der Waals surface area contributed by atoms with E-state index in [0.717, 1.165) is 11.5 Å². The molecule has 0 aromatic heterocycles. The van der Waals surface area contributed by atoms with E-state index in [-0.39, 0.29) is 27.3 Å². The molecule has 0 amide bonds. The number of hydrogen-bond acceptors (Lipinski definition) is 1. The van der Waals surface area contributed by atoms with Gasteiger partial charge in [-0.05, 0) is 128 Å². The molecule has 0 aliphatic heterocycles. The van der Waals surface area contributed by atoms with Crippen molar-refractivity contribution in [2.24, 2.45) is 17.8 Å². The molecule has 0 spiro atoms. The molecule has 1 aromatic rings. The van der Waals surface area contributed by atoms with Crippen LogP contribution in [0.25, 0.3) is 5.57 Å². The second-order valence-electron chi connectivity index (χ2n) is 18.3. The lowest BCUT2D eigenvalue weighted by molar-refractivity contribution is 0.121. The molecule has 0 saturated heterocycles. The smallest absolute Gasteiger partial charge is 0.127 e. The highest BCUT2D eigenvalue weighted by Crippen LogP contribution is 2.62. The van der Waals surface area contributed by atoms with Crippen LogP contribution in [0.15, 0.2) is 29.9 Å². The minimum absolute atomic E-state index is 0.0641. The van der Waals surface area contributed by atoms with Crippen molar-refractivity contribution in [1.82, 2.24) is 4.57 Å². The largest absolute Gasteiger partial charge is 0.314 e. The van der Waals surface area contributed by atoms with E-state index < -0.39 is 8.24 Å². The lowest BCUT2D eigenvalue weighted by Gasteiger charge is -2.57. The van der Waals surface area contributed by atoms with Crippen molar-refractivity contribution >= 4 is 13.8 Å². The van der Waals surface area contributed by atoms with Crippen LogP contribution in [0.1, 0.15) is 132 Å². The summed E-state index contributed by atoms with van der Waals surface area (Å²) in [6.45, 7) is 37.6. The van der Waals surface area contributed by atoms with Crippen molar-refractivity contribution < 1.29 is 0 Å². The highest BCUT2D eigenvalue weighted by molar-refractivity contribution is 6.76. The quantitative estimate of drug-likeness (QED) is 0.334. The summed E-state index contributed by atoms with van der Waals surface area (Å²) in [6, 6.07) is 5.30. The summed E-state index contributed by atoms with van der Waals surface area (Å²) in [6.07, 6.45) is 9.47. The maximum atomic E-state index is 2.97. The van der Waals surface area contributed by atoms with Gasteiger partial charge in [0.25, 0.3) is 0 Å². The molecule has 39 heavy (non-hydrogen) atoms. The van der Waals surface area contributed by atoms with Crippen LogP contribution in [0.3, 0.4) is 0 Å². The first-order chi connectivity index (χ1) is 17.5. The molecule has 216 valence electrons. The molecule has 2 heteroatoms. The molecule has 0 N–H and O–H groups in total. The highest BCUT2D eigenvalue weighted by atomic mass is 28.3. The number of rotatable bonds is 2. The number of allylic oxidation sites excluding steroid dienone is 4. The second kappa shape index (κ2) is 8.47. The molecule has 4 atom stereocenters. The summed E-state index contributed by atoms with van der Waals surface area (Å²) in [5, 5.41) is 0. The Bertz CT molecular complexity index is 1230. The third kappa shape index (κ3) is 4.32. The van der Waals surface area contributed by atoms with Gasteiger partial charge in [0.05, 0.1) is 0 Å². The van der Waals surface area contributed by atoms with Crippen LogP contribution in [0.5, 0.6) is 0 Å². The van der Waals surface area contributed by atoms with Crippen molar-refractivity contribution in [3.63, 3.8) is 0 Å². The van der Waals surface area contributed by atoms with Crippen molar-refractivity contribution in [1.29, 1.82) is 0 Å². The normalized spacial score (nSPS) is 30.8. The van der Waals surface area contributed by atoms with E-state index in [0.29, 0.717) is 11.8 Å². The Balaban J connectivity index is 1.64. The van der Waals surface area contributed by atoms with Crippen LogP contribution < -0.4 is 0 Å². The lowest BCUT2D eigenvalue weighted by atomic mass is 9.62. The van der Waals surface area contributed by atoms with Gasteiger partial charge in [-0.25, -0.2) is 0 Å². The molecular formula is C37H59NSi. The van der Waals surface area contributed by atoms with Crippen LogP contribution >= 0.6 is 0 Å². The predicted molar refractivity (Wildman–Crippen MR) is 174 cm³/mol. The van der Waals surface area contributed by atoms with E-state index in [1.165, 1.54) is 19.3 Å². The Kier molecular flexibility index (Phi) is 6.38. The van der Waals surface area contributed by atoms with Crippen molar-refractivity contribution in [3.05, 3.63) is 52.1 Å². The standard InChI is InChI=1S/C37H59NSi/c1-23-18-24-19-26-27-21-30-31(36(10,11)17-16-35(30,8)9)22-29(27)37(12,13)28(26)20-25(24)32(23)39(14,15)38(33(2,3)4)34(5,6)7/h19-25,32H,16-18H2,1-15H3. The minimum atomic E-state index is -1.81. The van der Waals surface area contributed by atoms with Crippen molar-refractivity contribution in [2.75, 3.05) is 0 Å². The van der Waals surface area contributed by atoms with Gasteiger partial charge in [0, 0.05) is 16.5 Å². The molecule has 1 fully saturated rings. The third-order valence-electron chi connectivity index (χ3n) is 11.6. The van der Waals surface area contributed by atoms with Gasteiger partial charge in [-0.2, -0.15) is 0 Å². The zero-order valence-electron chi connectivity index (χ0n) is 28.2. The SMILES string of the molecule is CC1CC2C=C3C(=CC2C1[Si](C)(C)N(C(C)(C)C)C(C)(C)C)C(C)(C)c1cc2c(cc13)C(C)(C)CCC2(C)C. The summed E-state index contributed by atoms with van der Waals surface area (Å²) in [7, 11) is -1.81. The van der Waals surface area contributed by atoms with Crippen LogP contribution in [-0.2, 0) is 16.2 Å². The monoisotopic (exact) mass is 545 g/mol. The molecule has 1 nitrogen and oxygen atoms in total. The fraction of sp³-hybridized carbons (Fsp3) is 0.730. The first-order valence-electron chi connectivity index (χ1n) is 16.0. The average molecular weight is 546 g/mol. The molecule has 0 radical (unpaired) electrons. The summed E-state index contributed by atoms with van der Waals surface area (Å²) in [4.78, 5) is 0. The van der Waals surface area contributed by atoms with Gasteiger partial charge in [-0.1, -0.05) is 85.8 Å². The van der Waals surface area contributed by atoms with E-state index in [9.17, 15) is 0 Å². The molecule has 1 saturated carbocycles. The van der Waals surface area contributed by atoms with Crippen molar-refractivity contribution in [3.8, 4) is 0 Å². The van der Waals surface area contributed by atoms with Gasteiger partial charge in [-0.15, -0.1) is 0 Å². The van der Waals surface area contributed by atoms with Gasteiger partial charge in [0.15, 0.2) is 0 Å². The third-order valence-corrected chi connectivity index (χ3v) is 16.6. The number of fused-ring (bicyclic) bond motifs is 5. The van der Waals surface area contributed by atoms with E-state index in [1.54, 1.807) is 33.4 Å². The summed E-state index contributed by atoms with van der Waals surface area (Å²) >= 11 is 0. The van der Waals surface area contributed by atoms with Gasteiger partial charge < -0.3 is 4.57 Å². The van der Waals surface area contributed by atoms with Crippen LogP contribution in [-0.4, -0.2) is 23.9 Å². The van der Waals surface area contributed by atoms with Gasteiger partial charge in [0.1, 0.15) is 8.24 Å². The first-order valence-corrected chi connectivity index (χ1v) is 19.0. The fourth-order valence-corrected chi connectivity index (χ4v) is 17.3. The number of nitrogens with zero attached hydrogens (tertiary/aromatic N) is 1. The Morgan fingerprint density at radius 3 is 1.79 bits per heavy atom. The Hall–Kier alpha value is -1.12. The molecule has 0 bridgehead atoms. The molecule has 4 unspecified atom stereocenters. The predicted octanol–water partition coefficient (Wildman–Crippen LogP) is 10.4. The molecule has 5 rings (SSSR count). The topological polar surface area (TPSA) is 3.24 Å². The first kappa shape index (κ1) is 29.4. The molecule has 4 aliphatic rings. The zero-order chi connectivity index (χ0) is 29.3. The zero-order valence-corrected chi connectivity index (χ0v) is 29.2. The van der Waals surface area contributed by atoms with E-state index in [1.807, 2.05) is 0 Å². The van der Waals surface area contributed by atoms with E-state index in [2.05, 4.69) is 132 Å². The Labute approximate surface area is 243 Å². The minimum Gasteiger partial charge on any atom is -0.314 e. The van der Waals surface area contributed by atoms with Crippen LogP contribution in [0.2, 0.25) is 18.6 Å². The molecule has 0 heterocycles. The lowest BCUT2D eigenvalue weighted by Crippen LogP contribution is -2.67.